The normalized spacial score (nSPS) is 14.2. The number of carbonyl (C=O) groups excluding carboxylic acids is 1. The lowest BCUT2D eigenvalue weighted by Crippen LogP contribution is -2.43. The van der Waals surface area contributed by atoms with Gasteiger partial charge in [-0.1, -0.05) is 0 Å². The number of anilines is 1. The van der Waals surface area contributed by atoms with Crippen LogP contribution in [0.25, 0.3) is 0 Å². The van der Waals surface area contributed by atoms with E-state index in [4.69, 9.17) is 21.7 Å². The summed E-state index contributed by atoms with van der Waals surface area (Å²) in [7, 11) is 0. The van der Waals surface area contributed by atoms with E-state index in [-0.39, 0.29) is 5.97 Å². The molecule has 8 heteroatoms. The molecule has 1 aromatic heterocycles. The summed E-state index contributed by atoms with van der Waals surface area (Å²) in [6, 6.07) is 11.2. The number of morpholine rings is 1. The number of carbonyl (C=O) groups is 1. The summed E-state index contributed by atoms with van der Waals surface area (Å²) in [5.74, 6) is -0.323. The second-order valence-corrected chi connectivity index (χ2v) is 7.35. The van der Waals surface area contributed by atoms with Crippen molar-refractivity contribution in [3.05, 3.63) is 59.9 Å². The molecule has 1 aromatic carbocycles. The van der Waals surface area contributed by atoms with Gasteiger partial charge in [0, 0.05) is 50.8 Å². The van der Waals surface area contributed by atoms with E-state index < -0.39 is 0 Å². The first-order chi connectivity index (χ1) is 14.7. The number of nitrogens with zero attached hydrogens (tertiary/aromatic N) is 3. The third-order valence-corrected chi connectivity index (χ3v) is 5.21. The lowest BCUT2D eigenvalue weighted by molar-refractivity contribution is 0.0358. The second kappa shape index (κ2) is 11.6. The molecule has 160 valence electrons. The Balaban J connectivity index is 1.63. The highest BCUT2D eigenvalue weighted by atomic mass is 32.1. The Morgan fingerprint density at radius 3 is 2.57 bits per heavy atom. The van der Waals surface area contributed by atoms with Gasteiger partial charge >= 0.3 is 5.97 Å². The number of nitrogens with one attached hydrogen (secondary N) is 1. The highest BCUT2D eigenvalue weighted by molar-refractivity contribution is 7.80. The molecule has 1 N–H and O–H groups in total. The standard InChI is InChI=1S/C22H28N4O3S/c1-2-29-21(27)19-3-5-20(6-4-19)24-22(30)26(17-18-7-9-23-10-8-18)12-11-25-13-15-28-16-14-25/h3-10H,2,11-17H2,1H3,(H,24,30). The summed E-state index contributed by atoms with van der Waals surface area (Å²) in [6.07, 6.45) is 3.58. The maximum absolute atomic E-state index is 11.8. The van der Waals surface area contributed by atoms with Crippen molar-refractivity contribution in [2.24, 2.45) is 0 Å². The summed E-state index contributed by atoms with van der Waals surface area (Å²) in [4.78, 5) is 20.5. The zero-order chi connectivity index (χ0) is 21.2. The van der Waals surface area contributed by atoms with Crippen LogP contribution in [0.15, 0.2) is 48.8 Å². The van der Waals surface area contributed by atoms with E-state index in [1.54, 1.807) is 31.5 Å². The minimum Gasteiger partial charge on any atom is -0.462 e. The van der Waals surface area contributed by atoms with Crippen LogP contribution in [0.1, 0.15) is 22.8 Å². The molecule has 1 aliphatic rings. The zero-order valence-electron chi connectivity index (χ0n) is 17.3. The van der Waals surface area contributed by atoms with Gasteiger partial charge in [-0.15, -0.1) is 0 Å². The molecule has 1 fully saturated rings. The predicted octanol–water partition coefficient (Wildman–Crippen LogP) is 2.79. The van der Waals surface area contributed by atoms with Crippen LogP contribution >= 0.6 is 12.2 Å². The topological polar surface area (TPSA) is 66.9 Å². The first kappa shape index (κ1) is 22.1. The monoisotopic (exact) mass is 428 g/mol. The predicted molar refractivity (Wildman–Crippen MR) is 121 cm³/mol. The average molecular weight is 429 g/mol. The van der Waals surface area contributed by atoms with E-state index >= 15 is 0 Å². The van der Waals surface area contributed by atoms with Crippen molar-refractivity contribution >= 4 is 29.0 Å². The number of benzene rings is 1. The van der Waals surface area contributed by atoms with Gasteiger partial charge in [0.25, 0.3) is 0 Å². The Morgan fingerprint density at radius 2 is 1.90 bits per heavy atom. The van der Waals surface area contributed by atoms with E-state index in [0.717, 1.165) is 50.6 Å². The number of rotatable bonds is 8. The fourth-order valence-electron chi connectivity index (χ4n) is 3.15. The van der Waals surface area contributed by atoms with E-state index in [1.165, 1.54) is 0 Å². The smallest absolute Gasteiger partial charge is 0.338 e. The second-order valence-electron chi connectivity index (χ2n) is 6.96. The maximum Gasteiger partial charge on any atom is 0.338 e. The summed E-state index contributed by atoms with van der Waals surface area (Å²) in [6.45, 7) is 8.00. The van der Waals surface area contributed by atoms with Crippen molar-refractivity contribution in [2.75, 3.05) is 51.3 Å². The van der Waals surface area contributed by atoms with Crippen LogP contribution in [0.4, 0.5) is 5.69 Å². The summed E-state index contributed by atoms with van der Waals surface area (Å²) < 4.78 is 10.5. The van der Waals surface area contributed by atoms with Gasteiger partial charge in [-0.25, -0.2) is 4.79 Å². The van der Waals surface area contributed by atoms with Crippen molar-refractivity contribution < 1.29 is 14.3 Å². The van der Waals surface area contributed by atoms with Crippen LogP contribution < -0.4 is 5.32 Å². The van der Waals surface area contributed by atoms with Crippen molar-refractivity contribution in [3.8, 4) is 0 Å². The van der Waals surface area contributed by atoms with Crippen LogP contribution in [-0.2, 0) is 16.0 Å². The molecule has 1 aliphatic heterocycles. The van der Waals surface area contributed by atoms with Crippen LogP contribution in [-0.4, -0.2) is 71.9 Å². The maximum atomic E-state index is 11.8. The van der Waals surface area contributed by atoms with Crippen LogP contribution in [0.5, 0.6) is 0 Å². The minimum absolute atomic E-state index is 0.323. The Hall–Kier alpha value is -2.55. The van der Waals surface area contributed by atoms with Crippen molar-refractivity contribution in [2.45, 2.75) is 13.5 Å². The van der Waals surface area contributed by atoms with Gasteiger partial charge in [-0.3, -0.25) is 9.88 Å². The van der Waals surface area contributed by atoms with E-state index in [2.05, 4.69) is 20.1 Å². The molecule has 0 atom stereocenters. The Labute approximate surface area is 183 Å². The quantitative estimate of drug-likeness (QED) is 0.509. The van der Waals surface area contributed by atoms with E-state index in [1.807, 2.05) is 24.3 Å². The molecule has 7 nitrogen and oxygen atoms in total. The summed E-state index contributed by atoms with van der Waals surface area (Å²) in [5.41, 5.74) is 2.50. The summed E-state index contributed by atoms with van der Waals surface area (Å²) in [5, 5.41) is 3.94. The number of hydrogen-bond acceptors (Lipinski definition) is 6. The molecular formula is C22H28N4O3S. The van der Waals surface area contributed by atoms with Gasteiger partial charge in [0.15, 0.2) is 5.11 Å². The van der Waals surface area contributed by atoms with Crippen molar-refractivity contribution in [1.82, 2.24) is 14.8 Å². The lowest BCUT2D eigenvalue weighted by atomic mass is 10.2. The molecule has 0 unspecified atom stereocenters. The van der Waals surface area contributed by atoms with Gasteiger partial charge in [-0.2, -0.15) is 0 Å². The van der Waals surface area contributed by atoms with Gasteiger partial charge in [-0.05, 0) is 61.1 Å². The van der Waals surface area contributed by atoms with Crippen molar-refractivity contribution in [3.63, 3.8) is 0 Å². The number of pyridine rings is 1. The minimum atomic E-state index is -0.323. The zero-order valence-corrected chi connectivity index (χ0v) is 18.1. The van der Waals surface area contributed by atoms with Gasteiger partial charge in [0.1, 0.15) is 0 Å². The molecule has 2 aromatic rings. The molecule has 0 saturated carbocycles. The highest BCUT2D eigenvalue weighted by Gasteiger charge is 2.15. The van der Waals surface area contributed by atoms with Crippen LogP contribution in [0.2, 0.25) is 0 Å². The molecule has 2 heterocycles. The third-order valence-electron chi connectivity index (χ3n) is 4.85. The van der Waals surface area contributed by atoms with Crippen LogP contribution in [0.3, 0.4) is 0 Å². The van der Waals surface area contributed by atoms with Gasteiger partial charge in [0.05, 0.1) is 25.4 Å². The first-order valence-electron chi connectivity index (χ1n) is 10.2. The Morgan fingerprint density at radius 1 is 1.20 bits per heavy atom. The number of esters is 1. The Kier molecular flexibility index (Phi) is 8.55. The molecule has 3 rings (SSSR count). The highest BCUT2D eigenvalue weighted by Crippen LogP contribution is 2.13. The van der Waals surface area contributed by atoms with Gasteiger partial charge < -0.3 is 19.7 Å². The molecular weight excluding hydrogens is 400 g/mol. The molecule has 1 saturated heterocycles. The number of ether oxygens (including phenoxy) is 2. The lowest BCUT2D eigenvalue weighted by Gasteiger charge is -2.31. The molecule has 0 aliphatic carbocycles. The molecule has 0 radical (unpaired) electrons. The molecule has 30 heavy (non-hydrogen) atoms. The average Bonchev–Trinajstić information content (AvgIpc) is 2.78. The number of hydrogen-bond donors (Lipinski definition) is 1. The fourth-order valence-corrected chi connectivity index (χ4v) is 3.43. The van der Waals surface area contributed by atoms with Crippen molar-refractivity contribution in [1.29, 1.82) is 0 Å². The molecule has 0 bridgehead atoms. The third kappa shape index (κ3) is 6.76. The van der Waals surface area contributed by atoms with Gasteiger partial charge in [0.2, 0.25) is 0 Å². The fraction of sp³-hybridized carbons (Fsp3) is 0.409. The first-order valence-corrected chi connectivity index (χ1v) is 10.6. The SMILES string of the molecule is CCOC(=O)c1ccc(NC(=S)N(CCN2CCOCC2)Cc2ccncc2)cc1. The van der Waals surface area contributed by atoms with E-state index in [9.17, 15) is 4.79 Å². The summed E-state index contributed by atoms with van der Waals surface area (Å²) >= 11 is 5.71. The number of thiocarbonyl (C=S) groups is 1. The number of aromatic nitrogens is 1. The largest absolute Gasteiger partial charge is 0.462 e. The Bertz CT molecular complexity index is 811. The van der Waals surface area contributed by atoms with Crippen LogP contribution in [0, 0.1) is 0 Å². The molecule has 0 amide bonds. The van der Waals surface area contributed by atoms with E-state index in [0.29, 0.717) is 23.8 Å². The molecule has 0 spiro atoms.